The van der Waals surface area contributed by atoms with Crippen molar-refractivity contribution in [3.8, 4) is 0 Å². The molecule has 2 aromatic rings. The predicted molar refractivity (Wildman–Crippen MR) is 72.0 cm³/mol. The van der Waals surface area contributed by atoms with Crippen LogP contribution < -0.4 is 5.32 Å². The van der Waals surface area contributed by atoms with Crippen molar-refractivity contribution >= 4 is 0 Å². The van der Waals surface area contributed by atoms with Crippen molar-refractivity contribution < 1.29 is 4.52 Å². The molecule has 1 N–H and O–H groups in total. The molecule has 0 amide bonds. The van der Waals surface area contributed by atoms with Gasteiger partial charge in [-0.25, -0.2) is 4.98 Å². The maximum Gasteiger partial charge on any atom is 0.139 e. The van der Waals surface area contributed by atoms with Gasteiger partial charge in [0.1, 0.15) is 5.76 Å². The SMILES string of the molecule is Cc1noc(C)c1C(C)n1cncc1[C@@H]1CCCN1. The maximum absolute atomic E-state index is 5.28. The van der Waals surface area contributed by atoms with E-state index in [2.05, 4.69) is 26.9 Å². The summed E-state index contributed by atoms with van der Waals surface area (Å²) in [5.41, 5.74) is 3.38. The molecule has 1 aliphatic heterocycles. The zero-order valence-corrected chi connectivity index (χ0v) is 11.7. The maximum atomic E-state index is 5.28. The van der Waals surface area contributed by atoms with Crippen molar-refractivity contribution in [3.63, 3.8) is 0 Å². The Morgan fingerprint density at radius 2 is 2.32 bits per heavy atom. The molecule has 19 heavy (non-hydrogen) atoms. The first-order valence-corrected chi connectivity index (χ1v) is 6.86. The highest BCUT2D eigenvalue weighted by molar-refractivity contribution is 5.26. The Morgan fingerprint density at radius 3 is 2.95 bits per heavy atom. The molecule has 1 unspecified atom stereocenters. The molecule has 0 bridgehead atoms. The van der Waals surface area contributed by atoms with E-state index < -0.39 is 0 Å². The number of hydrogen-bond acceptors (Lipinski definition) is 4. The average molecular weight is 260 g/mol. The quantitative estimate of drug-likeness (QED) is 0.921. The monoisotopic (exact) mass is 260 g/mol. The Bertz CT molecular complexity index is 546. The van der Waals surface area contributed by atoms with E-state index in [-0.39, 0.29) is 6.04 Å². The minimum absolute atomic E-state index is 0.200. The minimum atomic E-state index is 0.200. The summed E-state index contributed by atoms with van der Waals surface area (Å²) in [7, 11) is 0. The molecule has 0 aromatic carbocycles. The first kappa shape index (κ1) is 12.4. The molecule has 1 fully saturated rings. The second kappa shape index (κ2) is 4.81. The van der Waals surface area contributed by atoms with Crippen LogP contribution in [0, 0.1) is 13.8 Å². The summed E-state index contributed by atoms with van der Waals surface area (Å²) in [6, 6.07) is 0.622. The lowest BCUT2D eigenvalue weighted by atomic mass is 10.1. The smallest absolute Gasteiger partial charge is 0.139 e. The topological polar surface area (TPSA) is 55.9 Å². The Hall–Kier alpha value is -1.62. The van der Waals surface area contributed by atoms with Gasteiger partial charge in [-0.15, -0.1) is 0 Å². The van der Waals surface area contributed by atoms with E-state index in [0.29, 0.717) is 6.04 Å². The summed E-state index contributed by atoms with van der Waals surface area (Å²) < 4.78 is 7.51. The number of imidazole rings is 1. The van der Waals surface area contributed by atoms with E-state index in [1.54, 1.807) is 0 Å². The normalized spacial score (nSPS) is 20.9. The molecule has 1 saturated heterocycles. The fourth-order valence-electron chi connectivity index (χ4n) is 3.07. The van der Waals surface area contributed by atoms with Gasteiger partial charge in [0.2, 0.25) is 0 Å². The van der Waals surface area contributed by atoms with Crippen LogP contribution >= 0.6 is 0 Å². The summed E-state index contributed by atoms with van der Waals surface area (Å²) in [4.78, 5) is 4.33. The standard InChI is InChI=1S/C14H20N4O/c1-9-14(11(3)19-17-9)10(2)18-8-15-7-13(18)12-5-4-6-16-12/h7-8,10,12,16H,4-6H2,1-3H3/t10?,12-/m0/s1. The highest BCUT2D eigenvalue weighted by atomic mass is 16.5. The first-order chi connectivity index (χ1) is 9.18. The van der Waals surface area contributed by atoms with Crippen molar-refractivity contribution in [1.29, 1.82) is 0 Å². The van der Waals surface area contributed by atoms with Crippen LogP contribution in [0.25, 0.3) is 0 Å². The summed E-state index contributed by atoms with van der Waals surface area (Å²) in [6.07, 6.45) is 6.29. The molecule has 3 heterocycles. The zero-order valence-electron chi connectivity index (χ0n) is 11.7. The van der Waals surface area contributed by atoms with Crippen LogP contribution in [0.1, 0.15) is 54.6 Å². The third-order valence-corrected chi connectivity index (χ3v) is 4.04. The Kier molecular flexibility index (Phi) is 3.14. The van der Waals surface area contributed by atoms with Gasteiger partial charge in [0.25, 0.3) is 0 Å². The molecule has 0 saturated carbocycles. The molecule has 1 aliphatic rings. The molecule has 5 nitrogen and oxygen atoms in total. The van der Waals surface area contributed by atoms with Gasteiger partial charge in [-0.05, 0) is 40.2 Å². The number of aromatic nitrogens is 3. The molecule has 5 heteroatoms. The van der Waals surface area contributed by atoms with Gasteiger partial charge in [0.15, 0.2) is 0 Å². The van der Waals surface area contributed by atoms with E-state index >= 15 is 0 Å². The summed E-state index contributed by atoms with van der Waals surface area (Å²) >= 11 is 0. The van der Waals surface area contributed by atoms with Crippen molar-refractivity contribution in [3.05, 3.63) is 35.2 Å². The molecular weight excluding hydrogens is 240 g/mol. The highest BCUT2D eigenvalue weighted by Gasteiger charge is 2.24. The predicted octanol–water partition coefficient (Wildman–Crippen LogP) is 2.52. The van der Waals surface area contributed by atoms with Crippen molar-refractivity contribution in [1.82, 2.24) is 20.0 Å². The largest absolute Gasteiger partial charge is 0.361 e. The fourth-order valence-corrected chi connectivity index (χ4v) is 3.07. The number of hydrogen-bond donors (Lipinski definition) is 1. The van der Waals surface area contributed by atoms with Crippen LogP contribution in [0.2, 0.25) is 0 Å². The second-order valence-corrected chi connectivity index (χ2v) is 5.29. The van der Waals surface area contributed by atoms with E-state index in [9.17, 15) is 0 Å². The first-order valence-electron chi connectivity index (χ1n) is 6.86. The van der Waals surface area contributed by atoms with Crippen LogP contribution in [-0.4, -0.2) is 21.3 Å². The molecule has 2 aromatic heterocycles. The molecule has 0 aliphatic carbocycles. The molecule has 0 radical (unpaired) electrons. The van der Waals surface area contributed by atoms with Gasteiger partial charge in [0, 0.05) is 17.8 Å². The zero-order chi connectivity index (χ0) is 13.4. The van der Waals surface area contributed by atoms with Crippen molar-refractivity contribution in [2.24, 2.45) is 0 Å². The van der Waals surface area contributed by atoms with E-state index in [4.69, 9.17) is 4.52 Å². The molecule has 2 atom stereocenters. The highest BCUT2D eigenvalue weighted by Crippen LogP contribution is 2.30. The van der Waals surface area contributed by atoms with E-state index in [1.807, 2.05) is 26.4 Å². The summed E-state index contributed by atoms with van der Waals surface area (Å²) in [6.45, 7) is 7.23. The minimum Gasteiger partial charge on any atom is -0.361 e. The van der Waals surface area contributed by atoms with Gasteiger partial charge < -0.3 is 14.4 Å². The van der Waals surface area contributed by atoms with Gasteiger partial charge in [-0.3, -0.25) is 0 Å². The number of nitrogens with one attached hydrogen (secondary N) is 1. The Labute approximate surface area is 113 Å². The molecule has 0 spiro atoms. The van der Waals surface area contributed by atoms with E-state index in [1.165, 1.54) is 18.5 Å². The summed E-state index contributed by atoms with van der Waals surface area (Å²) in [5, 5.41) is 7.58. The third-order valence-electron chi connectivity index (χ3n) is 4.04. The van der Waals surface area contributed by atoms with Crippen LogP contribution in [0.15, 0.2) is 17.0 Å². The second-order valence-electron chi connectivity index (χ2n) is 5.29. The van der Waals surface area contributed by atoms with Crippen molar-refractivity contribution in [2.45, 2.75) is 45.7 Å². The molecular formula is C14H20N4O. The Morgan fingerprint density at radius 1 is 1.47 bits per heavy atom. The van der Waals surface area contributed by atoms with Crippen molar-refractivity contribution in [2.75, 3.05) is 6.54 Å². The number of aryl methyl sites for hydroxylation is 2. The average Bonchev–Trinajstić information content (AvgIpc) is 3.08. The Balaban J connectivity index is 1.96. The lowest BCUT2D eigenvalue weighted by Crippen LogP contribution is -2.19. The number of nitrogens with zero attached hydrogens (tertiary/aromatic N) is 3. The molecule has 3 rings (SSSR count). The molecule has 102 valence electrons. The fraction of sp³-hybridized carbons (Fsp3) is 0.571. The third kappa shape index (κ3) is 2.08. The van der Waals surface area contributed by atoms with Gasteiger partial charge >= 0.3 is 0 Å². The van der Waals surface area contributed by atoms with Crippen LogP contribution in [0.5, 0.6) is 0 Å². The lowest BCUT2D eigenvalue weighted by Gasteiger charge is -2.19. The van der Waals surface area contributed by atoms with Crippen LogP contribution in [0.3, 0.4) is 0 Å². The summed E-state index contributed by atoms with van der Waals surface area (Å²) in [5.74, 6) is 0.893. The van der Waals surface area contributed by atoms with Gasteiger partial charge in [-0.2, -0.15) is 0 Å². The van der Waals surface area contributed by atoms with E-state index in [0.717, 1.165) is 23.6 Å². The lowest BCUT2D eigenvalue weighted by molar-refractivity contribution is 0.390. The number of rotatable bonds is 3. The van der Waals surface area contributed by atoms with Crippen LogP contribution in [-0.2, 0) is 0 Å². The van der Waals surface area contributed by atoms with Crippen LogP contribution in [0.4, 0.5) is 0 Å². The van der Waals surface area contributed by atoms with Gasteiger partial charge in [0.05, 0.1) is 23.8 Å². The van der Waals surface area contributed by atoms with Gasteiger partial charge in [-0.1, -0.05) is 5.16 Å².